The van der Waals surface area contributed by atoms with E-state index in [1.54, 1.807) is 19.1 Å². The minimum atomic E-state index is -1.15. The molecule has 158 valence electrons. The predicted molar refractivity (Wildman–Crippen MR) is 115 cm³/mol. The first-order chi connectivity index (χ1) is 13.8. The Bertz CT molecular complexity index is 783. The first-order valence-electron chi connectivity index (χ1n) is 9.75. The monoisotopic (exact) mass is 401 g/mol. The van der Waals surface area contributed by atoms with Crippen molar-refractivity contribution in [3.63, 3.8) is 0 Å². The Kier molecular flexibility index (Phi) is 8.09. The maximum atomic E-state index is 11.7. The molecule has 5 N–H and O–H groups in total. The van der Waals surface area contributed by atoms with Gasteiger partial charge in [-0.2, -0.15) is 0 Å². The molecule has 0 saturated heterocycles. The van der Waals surface area contributed by atoms with Gasteiger partial charge in [-0.1, -0.05) is 12.1 Å². The van der Waals surface area contributed by atoms with Crippen LogP contribution in [0.1, 0.15) is 39.0 Å². The van der Waals surface area contributed by atoms with Gasteiger partial charge in [0.15, 0.2) is 5.96 Å². The van der Waals surface area contributed by atoms with E-state index in [1.165, 1.54) is 6.26 Å². The number of amides is 2. The zero-order valence-electron chi connectivity index (χ0n) is 17.5. The molecule has 2 aromatic rings. The summed E-state index contributed by atoms with van der Waals surface area (Å²) in [5.74, 6) is 1.09. The van der Waals surface area contributed by atoms with Crippen LogP contribution in [0.5, 0.6) is 0 Å². The van der Waals surface area contributed by atoms with E-state index in [0.29, 0.717) is 24.8 Å². The lowest BCUT2D eigenvalue weighted by atomic mass is 10.0. The highest BCUT2D eigenvalue weighted by atomic mass is 16.4. The number of anilines is 1. The normalized spacial score (nSPS) is 13.7. The van der Waals surface area contributed by atoms with Crippen LogP contribution in [-0.2, 0) is 12.1 Å². The van der Waals surface area contributed by atoms with E-state index in [2.05, 4.69) is 26.3 Å². The highest BCUT2D eigenvalue weighted by Crippen LogP contribution is 2.19. The van der Waals surface area contributed by atoms with Gasteiger partial charge in [-0.25, -0.2) is 9.79 Å². The fourth-order valence-electron chi connectivity index (χ4n) is 2.56. The molecule has 0 radical (unpaired) electrons. The number of hydrogen-bond acceptors (Lipinski definition) is 4. The van der Waals surface area contributed by atoms with Gasteiger partial charge in [0, 0.05) is 18.3 Å². The Balaban J connectivity index is 1.93. The number of nitrogens with one attached hydrogen (secondary N) is 4. The van der Waals surface area contributed by atoms with Crippen LogP contribution in [-0.4, -0.2) is 36.2 Å². The van der Waals surface area contributed by atoms with Crippen molar-refractivity contribution in [3.8, 4) is 0 Å². The molecule has 1 unspecified atom stereocenters. The molecular formula is C21H31N5O3. The zero-order chi connectivity index (χ0) is 21.3. The van der Waals surface area contributed by atoms with E-state index < -0.39 is 5.60 Å². The molecule has 1 aromatic carbocycles. The van der Waals surface area contributed by atoms with Crippen LogP contribution in [0.25, 0.3) is 0 Å². The molecule has 29 heavy (non-hydrogen) atoms. The Labute approximate surface area is 171 Å². The van der Waals surface area contributed by atoms with E-state index >= 15 is 0 Å². The third-order valence-corrected chi connectivity index (χ3v) is 4.05. The van der Waals surface area contributed by atoms with Crippen molar-refractivity contribution >= 4 is 17.7 Å². The summed E-state index contributed by atoms with van der Waals surface area (Å²) < 4.78 is 5.29. The Morgan fingerprint density at radius 1 is 1.21 bits per heavy atom. The number of benzene rings is 1. The zero-order valence-corrected chi connectivity index (χ0v) is 17.5. The molecule has 8 nitrogen and oxygen atoms in total. The maximum Gasteiger partial charge on any atom is 0.319 e. The highest BCUT2D eigenvalue weighted by Gasteiger charge is 2.26. The molecule has 2 amide bonds. The lowest BCUT2D eigenvalue weighted by Gasteiger charge is -2.22. The fraction of sp³-hybridized carbons (Fsp3) is 0.429. The van der Waals surface area contributed by atoms with Crippen molar-refractivity contribution in [2.45, 2.75) is 45.9 Å². The number of carbonyl (C=O) groups excluding carboxylic acids is 1. The highest BCUT2D eigenvalue weighted by molar-refractivity contribution is 5.89. The van der Waals surface area contributed by atoms with Gasteiger partial charge >= 0.3 is 6.03 Å². The van der Waals surface area contributed by atoms with Crippen LogP contribution in [0.4, 0.5) is 10.5 Å². The number of guanidine groups is 1. The molecule has 0 bridgehead atoms. The van der Waals surface area contributed by atoms with Gasteiger partial charge in [0.1, 0.15) is 11.4 Å². The maximum absolute atomic E-state index is 11.7. The van der Waals surface area contributed by atoms with E-state index in [-0.39, 0.29) is 18.6 Å². The molecule has 0 aliphatic carbocycles. The van der Waals surface area contributed by atoms with Gasteiger partial charge < -0.3 is 30.8 Å². The minimum Gasteiger partial charge on any atom is -0.466 e. The second-order valence-corrected chi connectivity index (χ2v) is 7.25. The molecular weight excluding hydrogens is 370 g/mol. The summed E-state index contributed by atoms with van der Waals surface area (Å²) in [6.45, 7) is 8.88. The van der Waals surface area contributed by atoms with Crippen LogP contribution >= 0.6 is 0 Å². The smallest absolute Gasteiger partial charge is 0.319 e. The van der Waals surface area contributed by atoms with Crippen molar-refractivity contribution in [2.24, 2.45) is 4.99 Å². The van der Waals surface area contributed by atoms with Gasteiger partial charge in [0.05, 0.1) is 19.4 Å². The number of aliphatic imine (C=N–C) groups is 1. The van der Waals surface area contributed by atoms with Gasteiger partial charge in [0.2, 0.25) is 0 Å². The predicted octanol–water partition coefficient (Wildman–Crippen LogP) is 2.77. The molecule has 0 fully saturated rings. The summed E-state index contributed by atoms with van der Waals surface area (Å²) in [5, 5.41) is 22.4. The molecule has 0 aliphatic heterocycles. The number of carbonyl (C=O) groups is 1. The van der Waals surface area contributed by atoms with E-state index in [9.17, 15) is 9.90 Å². The quantitative estimate of drug-likeness (QED) is 0.345. The van der Waals surface area contributed by atoms with Gasteiger partial charge in [-0.15, -0.1) is 0 Å². The topological polar surface area (TPSA) is 111 Å². The van der Waals surface area contributed by atoms with E-state index in [4.69, 9.17) is 4.42 Å². The first-order valence-corrected chi connectivity index (χ1v) is 9.75. The third kappa shape index (κ3) is 7.50. The summed E-state index contributed by atoms with van der Waals surface area (Å²) >= 11 is 0. The average Bonchev–Trinajstić information content (AvgIpc) is 3.20. The SMILES string of the molecule is CCNC(=NCc1ccc(NC(=O)NC(C)C)cc1)NCC(C)(O)c1ccco1. The summed E-state index contributed by atoms with van der Waals surface area (Å²) in [4.78, 5) is 16.3. The molecule has 8 heteroatoms. The van der Waals surface area contributed by atoms with E-state index in [1.807, 2.05) is 45.0 Å². The van der Waals surface area contributed by atoms with Crippen molar-refractivity contribution in [2.75, 3.05) is 18.4 Å². The number of aliphatic hydroxyl groups is 1. The van der Waals surface area contributed by atoms with Crippen molar-refractivity contribution in [3.05, 3.63) is 54.0 Å². The van der Waals surface area contributed by atoms with Crippen LogP contribution < -0.4 is 21.3 Å². The average molecular weight is 402 g/mol. The molecule has 2 rings (SSSR count). The second kappa shape index (κ2) is 10.5. The fourth-order valence-corrected chi connectivity index (χ4v) is 2.56. The van der Waals surface area contributed by atoms with Crippen molar-refractivity contribution < 1.29 is 14.3 Å². The van der Waals surface area contributed by atoms with Gasteiger partial charge in [0.25, 0.3) is 0 Å². The van der Waals surface area contributed by atoms with Gasteiger partial charge in [-0.05, 0) is 57.5 Å². The van der Waals surface area contributed by atoms with Crippen LogP contribution in [0, 0.1) is 0 Å². The molecule has 0 saturated carbocycles. The second-order valence-electron chi connectivity index (χ2n) is 7.25. The third-order valence-electron chi connectivity index (χ3n) is 4.05. The van der Waals surface area contributed by atoms with Crippen LogP contribution in [0.15, 0.2) is 52.1 Å². The first kappa shape index (κ1) is 22.3. The molecule has 0 aliphatic rings. The molecule has 1 atom stereocenters. The number of rotatable bonds is 8. The molecule has 1 heterocycles. The summed E-state index contributed by atoms with van der Waals surface area (Å²) in [7, 11) is 0. The lowest BCUT2D eigenvalue weighted by Crippen LogP contribution is -2.44. The van der Waals surface area contributed by atoms with Crippen molar-refractivity contribution in [1.82, 2.24) is 16.0 Å². The van der Waals surface area contributed by atoms with Crippen LogP contribution in [0.2, 0.25) is 0 Å². The summed E-state index contributed by atoms with van der Waals surface area (Å²) in [6.07, 6.45) is 1.54. The Morgan fingerprint density at radius 2 is 1.93 bits per heavy atom. The number of urea groups is 1. The molecule has 0 spiro atoms. The lowest BCUT2D eigenvalue weighted by molar-refractivity contribution is 0.0386. The van der Waals surface area contributed by atoms with E-state index in [0.717, 1.165) is 11.3 Å². The summed E-state index contributed by atoms with van der Waals surface area (Å²) in [6, 6.07) is 10.8. The Morgan fingerprint density at radius 3 is 2.52 bits per heavy atom. The Hall–Kier alpha value is -3.00. The minimum absolute atomic E-state index is 0.0779. The number of nitrogens with zero attached hydrogens (tertiary/aromatic N) is 1. The van der Waals surface area contributed by atoms with Crippen LogP contribution in [0.3, 0.4) is 0 Å². The summed E-state index contributed by atoms with van der Waals surface area (Å²) in [5.41, 5.74) is 0.564. The van der Waals surface area contributed by atoms with Crippen molar-refractivity contribution in [1.29, 1.82) is 0 Å². The number of hydrogen-bond donors (Lipinski definition) is 5. The largest absolute Gasteiger partial charge is 0.466 e. The van der Waals surface area contributed by atoms with Gasteiger partial charge in [-0.3, -0.25) is 0 Å². The standard InChI is InChI=1S/C21H31N5O3/c1-5-22-19(24-14-21(4,28)18-7-6-12-29-18)23-13-16-8-10-17(11-9-16)26-20(27)25-15(2)3/h6-12,15,28H,5,13-14H2,1-4H3,(H2,22,23,24)(H2,25,26,27). The number of furan rings is 1. The molecule has 1 aromatic heterocycles.